The Bertz CT molecular complexity index is 517. The van der Waals surface area contributed by atoms with E-state index >= 15 is 0 Å². The normalized spacial score (nSPS) is 12.7. The number of hydrogen-bond donors (Lipinski definition) is 1. The van der Waals surface area contributed by atoms with Crippen molar-refractivity contribution in [2.45, 2.75) is 19.9 Å². The molecule has 0 fully saturated rings. The number of halogens is 2. The first-order valence-electron chi connectivity index (χ1n) is 5.87. The first kappa shape index (κ1) is 14.3. The average molecular weight is 389 g/mol. The fourth-order valence-electron chi connectivity index (χ4n) is 1.90. The maximum Gasteiger partial charge on any atom is 0.0731 e. The number of hydrogen-bond acceptors (Lipinski definition) is 2. The Morgan fingerprint density at radius 1 is 1.28 bits per heavy atom. The molecule has 1 N–H and O–H groups in total. The molecule has 0 aliphatic rings. The molecule has 4 heteroatoms. The summed E-state index contributed by atoms with van der Waals surface area (Å²) in [6.45, 7) is 5.22. The molecule has 0 amide bonds. The van der Waals surface area contributed by atoms with Gasteiger partial charge in [-0.25, -0.2) is 0 Å². The van der Waals surface area contributed by atoms with Crippen molar-refractivity contribution >= 4 is 43.2 Å². The summed E-state index contributed by atoms with van der Waals surface area (Å²) < 4.78 is 2.37. The Kier molecular flexibility index (Phi) is 5.01. The third-order valence-electron chi connectivity index (χ3n) is 2.79. The molecule has 0 aliphatic heterocycles. The fourth-order valence-corrected chi connectivity index (χ4v) is 4.08. The van der Waals surface area contributed by atoms with Crippen molar-refractivity contribution in [1.82, 2.24) is 5.32 Å². The quantitative estimate of drug-likeness (QED) is 0.751. The lowest BCUT2D eigenvalue weighted by Crippen LogP contribution is -2.21. The zero-order chi connectivity index (χ0) is 13.1. The molecule has 0 saturated carbocycles. The predicted octanol–water partition coefficient (Wildman–Crippen LogP) is 5.28. The summed E-state index contributed by atoms with van der Waals surface area (Å²) in [5.74, 6) is 0. The van der Waals surface area contributed by atoms with Gasteiger partial charge in [0.1, 0.15) is 0 Å². The maximum atomic E-state index is 3.64. The first-order chi connectivity index (χ1) is 8.63. The fraction of sp³-hybridized carbons (Fsp3) is 0.286. The van der Waals surface area contributed by atoms with Crippen LogP contribution in [0.1, 0.15) is 29.0 Å². The second-order valence-electron chi connectivity index (χ2n) is 4.12. The molecule has 2 aromatic rings. The summed E-state index contributed by atoms with van der Waals surface area (Å²) in [4.78, 5) is 1.34. The van der Waals surface area contributed by atoms with Crippen LogP contribution < -0.4 is 5.32 Å². The van der Waals surface area contributed by atoms with E-state index < -0.39 is 0 Å². The summed E-state index contributed by atoms with van der Waals surface area (Å²) in [5, 5.41) is 3.56. The van der Waals surface area contributed by atoms with E-state index in [0.29, 0.717) is 0 Å². The van der Waals surface area contributed by atoms with E-state index in [4.69, 9.17) is 0 Å². The molecule has 18 heavy (non-hydrogen) atoms. The number of benzene rings is 1. The van der Waals surface area contributed by atoms with Gasteiger partial charge >= 0.3 is 0 Å². The minimum absolute atomic E-state index is 0.251. The molecule has 0 saturated heterocycles. The molecule has 1 unspecified atom stereocenters. The van der Waals surface area contributed by atoms with Crippen LogP contribution in [-0.4, -0.2) is 6.54 Å². The van der Waals surface area contributed by atoms with Gasteiger partial charge in [-0.3, -0.25) is 0 Å². The minimum atomic E-state index is 0.251. The molecule has 1 atom stereocenters. The van der Waals surface area contributed by atoms with Crippen LogP contribution in [-0.2, 0) is 0 Å². The number of thiophene rings is 1. The molecule has 0 bridgehead atoms. The van der Waals surface area contributed by atoms with Crippen molar-refractivity contribution in [2.75, 3.05) is 6.54 Å². The van der Waals surface area contributed by atoms with E-state index in [9.17, 15) is 0 Å². The van der Waals surface area contributed by atoms with Crippen LogP contribution in [0.25, 0.3) is 0 Å². The van der Waals surface area contributed by atoms with Crippen LogP contribution in [0.15, 0.2) is 38.6 Å². The van der Waals surface area contributed by atoms with Gasteiger partial charge in [-0.2, -0.15) is 0 Å². The Morgan fingerprint density at radius 2 is 2.00 bits per heavy atom. The molecule has 1 aromatic carbocycles. The standard InChI is InChI=1S/C14H15Br2NS/c1-3-17-13(10-6-4-5-7-11(10)15)12-8-9(2)14(16)18-12/h4-8,13,17H,3H2,1-2H3. The third-order valence-corrected chi connectivity index (χ3v) is 5.71. The van der Waals surface area contributed by atoms with E-state index in [1.54, 1.807) is 11.3 Å². The highest BCUT2D eigenvalue weighted by atomic mass is 79.9. The van der Waals surface area contributed by atoms with Gasteiger partial charge < -0.3 is 5.32 Å². The van der Waals surface area contributed by atoms with E-state index in [1.165, 1.54) is 19.8 Å². The number of rotatable bonds is 4. The highest BCUT2D eigenvalue weighted by Gasteiger charge is 2.18. The van der Waals surface area contributed by atoms with Gasteiger partial charge in [0.2, 0.25) is 0 Å². The molecular weight excluding hydrogens is 374 g/mol. The second-order valence-corrected chi connectivity index (χ2v) is 7.37. The van der Waals surface area contributed by atoms with Gasteiger partial charge in [0.05, 0.1) is 9.83 Å². The van der Waals surface area contributed by atoms with Gasteiger partial charge in [-0.15, -0.1) is 11.3 Å². The average Bonchev–Trinajstić information content (AvgIpc) is 2.68. The van der Waals surface area contributed by atoms with E-state index in [0.717, 1.165) is 11.0 Å². The minimum Gasteiger partial charge on any atom is -0.306 e. The zero-order valence-corrected chi connectivity index (χ0v) is 14.3. The lowest BCUT2D eigenvalue weighted by Gasteiger charge is -2.18. The largest absolute Gasteiger partial charge is 0.306 e. The molecule has 2 rings (SSSR count). The van der Waals surface area contributed by atoms with Gasteiger partial charge in [-0.05, 0) is 52.7 Å². The molecule has 96 valence electrons. The van der Waals surface area contributed by atoms with Crippen LogP contribution in [0.2, 0.25) is 0 Å². The Hall–Kier alpha value is -0.160. The predicted molar refractivity (Wildman–Crippen MR) is 86.4 cm³/mol. The second kappa shape index (κ2) is 6.33. The lowest BCUT2D eigenvalue weighted by atomic mass is 10.0. The maximum absolute atomic E-state index is 3.64. The van der Waals surface area contributed by atoms with E-state index in [2.05, 4.69) is 75.3 Å². The highest BCUT2D eigenvalue weighted by Crippen LogP contribution is 2.36. The summed E-state index contributed by atoms with van der Waals surface area (Å²) in [6, 6.07) is 10.9. The van der Waals surface area contributed by atoms with Gasteiger partial charge in [-0.1, -0.05) is 41.1 Å². The van der Waals surface area contributed by atoms with Crippen molar-refractivity contribution in [3.05, 3.63) is 54.6 Å². The Balaban J connectivity index is 2.43. The monoisotopic (exact) mass is 387 g/mol. The summed E-state index contributed by atoms with van der Waals surface area (Å²) >= 11 is 9.05. The molecular formula is C14H15Br2NS. The lowest BCUT2D eigenvalue weighted by molar-refractivity contribution is 0.637. The first-order valence-corrected chi connectivity index (χ1v) is 8.27. The summed E-state index contributed by atoms with van der Waals surface area (Å²) in [5.41, 5.74) is 2.58. The molecule has 0 aliphatic carbocycles. The third kappa shape index (κ3) is 3.05. The van der Waals surface area contributed by atoms with Crippen molar-refractivity contribution < 1.29 is 0 Å². The van der Waals surface area contributed by atoms with Crippen molar-refractivity contribution in [2.24, 2.45) is 0 Å². The van der Waals surface area contributed by atoms with E-state index in [-0.39, 0.29) is 6.04 Å². The SMILES string of the molecule is CCNC(c1cc(C)c(Br)s1)c1ccccc1Br. The van der Waals surface area contributed by atoms with Crippen molar-refractivity contribution in [3.63, 3.8) is 0 Å². The zero-order valence-electron chi connectivity index (χ0n) is 10.3. The van der Waals surface area contributed by atoms with Crippen molar-refractivity contribution in [1.29, 1.82) is 0 Å². The Labute approximate surface area is 129 Å². The smallest absolute Gasteiger partial charge is 0.0731 e. The molecule has 1 aromatic heterocycles. The van der Waals surface area contributed by atoms with E-state index in [1.807, 2.05) is 6.07 Å². The topological polar surface area (TPSA) is 12.0 Å². The Morgan fingerprint density at radius 3 is 2.56 bits per heavy atom. The van der Waals surface area contributed by atoms with Crippen LogP contribution in [0.3, 0.4) is 0 Å². The highest BCUT2D eigenvalue weighted by molar-refractivity contribution is 9.11. The van der Waals surface area contributed by atoms with Crippen LogP contribution >= 0.6 is 43.2 Å². The molecule has 1 nitrogen and oxygen atoms in total. The number of nitrogens with one attached hydrogen (secondary N) is 1. The van der Waals surface area contributed by atoms with Crippen LogP contribution in [0, 0.1) is 6.92 Å². The number of aryl methyl sites for hydroxylation is 1. The summed E-state index contributed by atoms with van der Waals surface area (Å²) in [7, 11) is 0. The molecule has 0 radical (unpaired) electrons. The molecule has 1 heterocycles. The molecule has 0 spiro atoms. The van der Waals surface area contributed by atoms with Crippen molar-refractivity contribution in [3.8, 4) is 0 Å². The summed E-state index contributed by atoms with van der Waals surface area (Å²) in [6.07, 6.45) is 0. The van der Waals surface area contributed by atoms with Crippen LogP contribution in [0.5, 0.6) is 0 Å². The van der Waals surface area contributed by atoms with Gasteiger partial charge in [0, 0.05) is 9.35 Å². The van der Waals surface area contributed by atoms with Crippen LogP contribution in [0.4, 0.5) is 0 Å². The van der Waals surface area contributed by atoms with Gasteiger partial charge in [0.15, 0.2) is 0 Å². The van der Waals surface area contributed by atoms with Gasteiger partial charge in [0.25, 0.3) is 0 Å².